The second-order valence-corrected chi connectivity index (χ2v) is 7.70. The molecule has 4 nitrogen and oxygen atoms in total. The predicted octanol–water partition coefficient (Wildman–Crippen LogP) is 3.02. The molecule has 0 spiro atoms. The third kappa shape index (κ3) is 1.73. The Labute approximate surface area is 131 Å². The van der Waals surface area contributed by atoms with Crippen molar-refractivity contribution in [1.29, 1.82) is 0 Å². The highest BCUT2D eigenvalue weighted by molar-refractivity contribution is 5.91. The molecule has 0 N–H and O–H groups in total. The van der Waals surface area contributed by atoms with E-state index < -0.39 is 0 Å². The van der Waals surface area contributed by atoms with Crippen LogP contribution in [-0.4, -0.2) is 31.6 Å². The van der Waals surface area contributed by atoms with Crippen LogP contribution in [0.25, 0.3) is 0 Å². The number of rotatable bonds is 4. The van der Waals surface area contributed by atoms with Gasteiger partial charge in [-0.1, -0.05) is 19.9 Å². The van der Waals surface area contributed by atoms with Crippen molar-refractivity contribution in [1.82, 2.24) is 4.90 Å². The molecule has 1 aliphatic heterocycles. The minimum absolute atomic E-state index is 0.0469. The fraction of sp³-hybridized carbons (Fsp3) is 0.611. The summed E-state index contributed by atoms with van der Waals surface area (Å²) in [7, 11) is 3.29. The summed E-state index contributed by atoms with van der Waals surface area (Å²) in [6.07, 6.45) is 2.23. The van der Waals surface area contributed by atoms with Crippen LogP contribution >= 0.6 is 0 Å². The molecule has 1 aromatic rings. The molecule has 118 valence electrons. The molecule has 0 radical (unpaired) electrons. The SMILES string of the molecule is COc1ccc(C2N(C(=O)C34CC3C4)CC2(C)C)cc1OC. The molecular formula is C18H23NO3. The van der Waals surface area contributed by atoms with Crippen LogP contribution in [0.2, 0.25) is 0 Å². The van der Waals surface area contributed by atoms with Crippen molar-refractivity contribution < 1.29 is 14.3 Å². The van der Waals surface area contributed by atoms with E-state index in [9.17, 15) is 4.79 Å². The minimum atomic E-state index is 0.0469. The molecule has 2 aliphatic carbocycles. The van der Waals surface area contributed by atoms with E-state index in [2.05, 4.69) is 24.8 Å². The van der Waals surface area contributed by atoms with Gasteiger partial charge in [0.1, 0.15) is 0 Å². The van der Waals surface area contributed by atoms with E-state index in [-0.39, 0.29) is 16.9 Å². The van der Waals surface area contributed by atoms with Gasteiger partial charge in [-0.15, -0.1) is 0 Å². The maximum absolute atomic E-state index is 12.8. The van der Waals surface area contributed by atoms with Crippen LogP contribution in [0.5, 0.6) is 11.5 Å². The molecule has 22 heavy (non-hydrogen) atoms. The van der Waals surface area contributed by atoms with Crippen LogP contribution in [0.15, 0.2) is 18.2 Å². The molecule has 1 heterocycles. The summed E-state index contributed by atoms with van der Waals surface area (Å²) >= 11 is 0. The lowest BCUT2D eigenvalue weighted by Crippen LogP contribution is -2.58. The second-order valence-electron chi connectivity index (χ2n) is 7.70. The van der Waals surface area contributed by atoms with Crippen molar-refractivity contribution in [2.75, 3.05) is 20.8 Å². The normalized spacial score (nSPS) is 33.5. The number of hydrogen-bond acceptors (Lipinski definition) is 3. The molecule has 1 saturated heterocycles. The number of amides is 1. The van der Waals surface area contributed by atoms with Crippen molar-refractivity contribution in [3.8, 4) is 11.5 Å². The lowest BCUT2D eigenvalue weighted by Gasteiger charge is -2.55. The minimum Gasteiger partial charge on any atom is -0.493 e. The summed E-state index contributed by atoms with van der Waals surface area (Å²) in [5, 5.41) is 0. The second kappa shape index (κ2) is 4.18. The molecule has 1 aromatic carbocycles. The van der Waals surface area contributed by atoms with E-state index in [0.29, 0.717) is 11.8 Å². The van der Waals surface area contributed by atoms with E-state index in [1.165, 1.54) is 0 Å². The van der Waals surface area contributed by atoms with Crippen molar-refractivity contribution >= 4 is 5.91 Å². The first-order valence-corrected chi connectivity index (χ1v) is 7.96. The third-order valence-electron chi connectivity index (χ3n) is 5.72. The Balaban J connectivity index is 1.65. The largest absolute Gasteiger partial charge is 0.493 e. The molecule has 1 amide bonds. The molecule has 0 aromatic heterocycles. The summed E-state index contributed by atoms with van der Waals surface area (Å²) in [6, 6.07) is 6.14. The zero-order valence-corrected chi connectivity index (χ0v) is 13.7. The van der Waals surface area contributed by atoms with E-state index in [1.54, 1.807) is 14.2 Å². The quantitative estimate of drug-likeness (QED) is 0.858. The topological polar surface area (TPSA) is 38.8 Å². The number of likely N-dealkylation sites (tertiary alicyclic amines) is 1. The molecule has 4 rings (SSSR count). The fourth-order valence-corrected chi connectivity index (χ4v) is 4.11. The van der Waals surface area contributed by atoms with Gasteiger partial charge in [0.2, 0.25) is 5.91 Å². The van der Waals surface area contributed by atoms with Crippen LogP contribution < -0.4 is 9.47 Å². The number of methoxy groups -OCH3 is 2. The summed E-state index contributed by atoms with van der Waals surface area (Å²) in [5.41, 5.74) is 1.28. The van der Waals surface area contributed by atoms with E-state index in [0.717, 1.165) is 36.4 Å². The molecular weight excluding hydrogens is 278 g/mol. The van der Waals surface area contributed by atoms with Gasteiger partial charge in [-0.05, 0) is 36.5 Å². The van der Waals surface area contributed by atoms with Gasteiger partial charge in [0.25, 0.3) is 0 Å². The van der Waals surface area contributed by atoms with Gasteiger partial charge in [0, 0.05) is 12.0 Å². The summed E-state index contributed by atoms with van der Waals surface area (Å²) in [5.74, 6) is 2.51. The predicted molar refractivity (Wildman–Crippen MR) is 82.9 cm³/mol. The van der Waals surface area contributed by atoms with Crippen LogP contribution in [0.1, 0.15) is 38.3 Å². The lowest BCUT2D eigenvalue weighted by atomic mass is 9.71. The van der Waals surface area contributed by atoms with Crippen molar-refractivity contribution in [3.63, 3.8) is 0 Å². The van der Waals surface area contributed by atoms with Crippen molar-refractivity contribution in [2.45, 2.75) is 32.7 Å². The van der Waals surface area contributed by atoms with Crippen molar-refractivity contribution in [3.05, 3.63) is 23.8 Å². The number of carbonyl (C=O) groups excluding carboxylic acids is 1. The van der Waals surface area contributed by atoms with Crippen LogP contribution in [-0.2, 0) is 4.79 Å². The monoisotopic (exact) mass is 301 g/mol. The first-order chi connectivity index (χ1) is 10.4. The molecule has 4 heteroatoms. The van der Waals surface area contributed by atoms with E-state index >= 15 is 0 Å². The van der Waals surface area contributed by atoms with Crippen LogP contribution in [0, 0.1) is 16.7 Å². The maximum atomic E-state index is 12.8. The zero-order chi connectivity index (χ0) is 15.7. The Hall–Kier alpha value is -1.71. The molecule has 1 atom stereocenters. The number of fused-ring (bicyclic) bond motifs is 1. The van der Waals surface area contributed by atoms with Crippen LogP contribution in [0.4, 0.5) is 0 Å². The number of carbonyl (C=O) groups is 1. The summed E-state index contributed by atoms with van der Waals surface area (Å²) in [6.45, 7) is 5.31. The Morgan fingerprint density at radius 3 is 2.32 bits per heavy atom. The number of benzene rings is 1. The van der Waals surface area contributed by atoms with Gasteiger partial charge in [-0.3, -0.25) is 4.79 Å². The Kier molecular flexibility index (Phi) is 2.64. The maximum Gasteiger partial charge on any atom is 0.229 e. The van der Waals surface area contributed by atoms with E-state index in [4.69, 9.17) is 9.47 Å². The molecule has 0 bridgehead atoms. The first kappa shape index (κ1) is 13.9. The number of nitrogens with zero attached hydrogens (tertiary/aromatic N) is 1. The summed E-state index contributed by atoms with van der Waals surface area (Å²) in [4.78, 5) is 14.8. The average molecular weight is 301 g/mol. The van der Waals surface area contributed by atoms with Gasteiger partial charge in [0.05, 0.1) is 25.7 Å². The zero-order valence-electron chi connectivity index (χ0n) is 13.7. The van der Waals surface area contributed by atoms with Crippen LogP contribution in [0.3, 0.4) is 0 Å². The van der Waals surface area contributed by atoms with Gasteiger partial charge >= 0.3 is 0 Å². The Morgan fingerprint density at radius 1 is 1.18 bits per heavy atom. The average Bonchev–Trinajstić information content (AvgIpc) is 3.33. The molecule has 2 saturated carbocycles. The smallest absolute Gasteiger partial charge is 0.229 e. The highest BCUT2D eigenvalue weighted by Crippen LogP contribution is 2.76. The van der Waals surface area contributed by atoms with Gasteiger partial charge in [-0.2, -0.15) is 0 Å². The molecule has 1 unspecified atom stereocenters. The first-order valence-electron chi connectivity index (χ1n) is 7.96. The van der Waals surface area contributed by atoms with Crippen molar-refractivity contribution in [2.24, 2.45) is 16.7 Å². The van der Waals surface area contributed by atoms with Gasteiger partial charge in [-0.25, -0.2) is 0 Å². The highest BCUT2D eigenvalue weighted by atomic mass is 16.5. The Morgan fingerprint density at radius 2 is 1.82 bits per heavy atom. The van der Waals surface area contributed by atoms with E-state index in [1.807, 2.05) is 12.1 Å². The standard InChI is InChI=1S/C18H23NO3/c1-17(2)10-19(16(20)18-8-12(18)9-18)15(17)11-5-6-13(21-3)14(7-11)22-4/h5-7,12,15H,8-10H2,1-4H3. The fourth-order valence-electron chi connectivity index (χ4n) is 4.11. The highest BCUT2D eigenvalue weighted by Gasteiger charge is 2.76. The number of hydrogen-bond donors (Lipinski definition) is 0. The molecule has 3 fully saturated rings. The van der Waals surface area contributed by atoms with Gasteiger partial charge in [0.15, 0.2) is 11.5 Å². The molecule has 3 aliphatic rings. The summed E-state index contributed by atoms with van der Waals surface area (Å²) < 4.78 is 10.7. The Bertz CT molecular complexity index is 646. The third-order valence-corrected chi connectivity index (χ3v) is 5.72. The lowest BCUT2D eigenvalue weighted by molar-refractivity contribution is -0.156. The van der Waals surface area contributed by atoms with Gasteiger partial charge < -0.3 is 14.4 Å². The number of ether oxygens (including phenoxy) is 2.